The van der Waals surface area contributed by atoms with E-state index in [9.17, 15) is 83.4 Å². The maximum Gasteiger partial charge on any atom is 0.460 e. The van der Waals surface area contributed by atoms with E-state index in [0.717, 1.165) is 0 Å². The summed E-state index contributed by atoms with van der Waals surface area (Å²) in [5.74, 6) is -65.9. The van der Waals surface area contributed by atoms with Crippen LogP contribution in [-0.2, 0) is 0 Å². The van der Waals surface area contributed by atoms with Crippen LogP contribution < -0.4 is 4.98 Å². The molecule has 1 atom stereocenters. The Morgan fingerprint density at radius 1 is 0.486 bits per heavy atom. The minimum atomic E-state index is -8.87. The smallest absolute Gasteiger partial charge is 0.339 e. The lowest BCUT2D eigenvalue weighted by Crippen LogP contribution is -2.75. The summed E-state index contributed by atoms with van der Waals surface area (Å²) >= 11 is 0. The first kappa shape index (κ1) is 35.8. The van der Waals surface area contributed by atoms with Crippen LogP contribution in [0, 0.1) is 0 Å². The zero-order valence-electron chi connectivity index (χ0n) is 18.3. The van der Waals surface area contributed by atoms with Gasteiger partial charge in [-0.2, -0.15) is 83.4 Å². The van der Waals surface area contributed by atoms with Gasteiger partial charge in [0.15, 0.2) is 0 Å². The lowest BCUT2D eigenvalue weighted by atomic mass is 9.87. The van der Waals surface area contributed by atoms with Gasteiger partial charge < -0.3 is 4.98 Å². The van der Waals surface area contributed by atoms with E-state index in [1.54, 1.807) is 6.92 Å². The monoisotopic (exact) mass is 613 g/mol. The number of alkyl halides is 19. The minimum absolute atomic E-state index is 0.0268. The predicted octanol–water partition coefficient (Wildman–Crippen LogP) is 7.76. The van der Waals surface area contributed by atoms with Gasteiger partial charge in [-0.15, -0.1) is 0 Å². The summed E-state index contributed by atoms with van der Waals surface area (Å²) < 4.78 is 252. The van der Waals surface area contributed by atoms with Crippen molar-refractivity contribution in [2.24, 2.45) is 0 Å². The third kappa shape index (κ3) is 5.48. The molecule has 0 spiro atoms. The molecular weight excluding hydrogens is 595 g/mol. The Kier molecular flexibility index (Phi) is 10.1. The van der Waals surface area contributed by atoms with Crippen molar-refractivity contribution in [1.82, 2.24) is 4.98 Å². The summed E-state index contributed by atoms with van der Waals surface area (Å²) in [6, 6.07) is -1.12. The van der Waals surface area contributed by atoms with Gasteiger partial charge in [-0.25, -0.2) is 0 Å². The SMILES string of the molecule is CCCN[SiH](CC)CCC(F)(F)C(F)(F)C(F)(F)C(F)(F)C(F)(F)C(F)(F)C(F)(F)C(F)(F)C(F)(F)F. The Morgan fingerprint density at radius 3 is 1.11 bits per heavy atom. The third-order valence-corrected chi connectivity index (χ3v) is 8.00. The fourth-order valence-electron chi connectivity index (χ4n) is 2.71. The Bertz CT molecular complexity index is 760. The Hall–Kier alpha value is -1.15. The number of rotatable bonds is 14. The molecule has 0 aromatic heterocycles. The van der Waals surface area contributed by atoms with E-state index in [1.807, 2.05) is 0 Å². The largest absolute Gasteiger partial charge is 0.460 e. The Balaban J connectivity index is 6.56. The number of hydrogen-bond donors (Lipinski definition) is 1. The summed E-state index contributed by atoms with van der Waals surface area (Å²) in [7, 11) is -2.67. The molecule has 0 amide bonds. The second-order valence-electron chi connectivity index (χ2n) is 7.82. The maximum absolute atomic E-state index is 13.9. The first-order chi connectivity index (χ1) is 16.0. The first-order valence-corrected chi connectivity index (χ1v) is 12.0. The molecule has 0 rings (SSSR count). The molecule has 0 aliphatic carbocycles. The molecule has 0 heterocycles. The molecule has 0 fully saturated rings. The van der Waals surface area contributed by atoms with Crippen LogP contribution in [0.4, 0.5) is 83.4 Å². The molecule has 0 bridgehead atoms. The summed E-state index contributed by atoms with van der Waals surface area (Å²) in [6.07, 6.45) is -9.96. The van der Waals surface area contributed by atoms with Gasteiger partial charge in [0.05, 0.1) is 0 Å². The highest BCUT2D eigenvalue weighted by molar-refractivity contribution is 6.55. The van der Waals surface area contributed by atoms with Gasteiger partial charge >= 0.3 is 53.6 Å². The molecule has 0 aromatic carbocycles. The summed E-state index contributed by atoms with van der Waals surface area (Å²) in [6.45, 7) is 2.95. The van der Waals surface area contributed by atoms with Gasteiger partial charge in [0.1, 0.15) is 8.96 Å². The topological polar surface area (TPSA) is 12.0 Å². The second-order valence-corrected chi connectivity index (χ2v) is 11.0. The van der Waals surface area contributed by atoms with Crippen molar-refractivity contribution in [3.63, 3.8) is 0 Å². The van der Waals surface area contributed by atoms with Crippen LogP contribution in [0.3, 0.4) is 0 Å². The van der Waals surface area contributed by atoms with Crippen molar-refractivity contribution in [2.45, 2.75) is 92.3 Å². The highest BCUT2D eigenvalue weighted by atomic mass is 28.3. The molecule has 224 valence electrons. The van der Waals surface area contributed by atoms with Crippen molar-refractivity contribution in [1.29, 1.82) is 0 Å². The molecule has 1 nitrogen and oxygen atoms in total. The Morgan fingerprint density at radius 2 is 0.811 bits per heavy atom. The summed E-state index contributed by atoms with van der Waals surface area (Å²) in [5.41, 5.74) is 0. The van der Waals surface area contributed by atoms with Crippen molar-refractivity contribution >= 4 is 8.96 Å². The second kappa shape index (κ2) is 10.4. The van der Waals surface area contributed by atoms with Gasteiger partial charge in [-0.3, -0.25) is 0 Å². The fraction of sp³-hybridized carbons (Fsp3) is 1.00. The molecule has 37 heavy (non-hydrogen) atoms. The van der Waals surface area contributed by atoms with E-state index in [1.165, 1.54) is 6.92 Å². The summed E-state index contributed by atoms with van der Waals surface area (Å²) in [5, 5.41) is 0. The van der Waals surface area contributed by atoms with Crippen molar-refractivity contribution < 1.29 is 83.4 Å². The van der Waals surface area contributed by atoms with E-state index < -0.39 is 75.0 Å². The van der Waals surface area contributed by atoms with E-state index >= 15 is 0 Å². The molecule has 0 aliphatic heterocycles. The molecule has 0 aliphatic rings. The lowest BCUT2D eigenvalue weighted by Gasteiger charge is -2.43. The fourth-order valence-corrected chi connectivity index (χ4v) is 5.01. The van der Waals surface area contributed by atoms with Gasteiger partial charge in [-0.05, 0) is 25.1 Å². The van der Waals surface area contributed by atoms with Crippen molar-refractivity contribution in [2.75, 3.05) is 6.54 Å². The van der Waals surface area contributed by atoms with Gasteiger partial charge in [-0.1, -0.05) is 13.8 Å². The van der Waals surface area contributed by atoms with E-state index in [4.69, 9.17) is 0 Å². The predicted molar refractivity (Wildman–Crippen MR) is 91.0 cm³/mol. The number of hydrogen-bond acceptors (Lipinski definition) is 1. The molecule has 0 aromatic rings. The standard InChI is InChI=1S/C16H18F19NSi/c1-3-6-36-37(4-2)7-5-8(17,18)9(19,20)10(21,22)11(23,24)12(25,26)13(27,28)14(29,30)15(31,32)16(33,34)35/h36-37H,3-7H2,1-2H3. The highest BCUT2D eigenvalue weighted by Gasteiger charge is 2.96. The quantitative estimate of drug-likeness (QED) is 0.156. The molecule has 0 radical (unpaired) electrons. The number of nitrogens with one attached hydrogen (secondary N) is 1. The molecule has 1 N–H and O–H groups in total. The van der Waals surface area contributed by atoms with Crippen LogP contribution in [0.5, 0.6) is 0 Å². The zero-order valence-corrected chi connectivity index (χ0v) is 19.4. The molecule has 21 heteroatoms. The van der Waals surface area contributed by atoms with E-state index in [-0.39, 0.29) is 12.6 Å². The van der Waals surface area contributed by atoms with Crippen LogP contribution in [0.25, 0.3) is 0 Å². The normalized spacial score (nSPS) is 16.8. The third-order valence-electron chi connectivity index (χ3n) is 5.16. The zero-order chi connectivity index (χ0) is 30.3. The van der Waals surface area contributed by atoms with Gasteiger partial charge in [0.25, 0.3) is 0 Å². The van der Waals surface area contributed by atoms with Crippen molar-refractivity contribution in [3.05, 3.63) is 0 Å². The highest BCUT2D eigenvalue weighted by Crippen LogP contribution is 2.65. The minimum Gasteiger partial charge on any atom is -0.339 e. The van der Waals surface area contributed by atoms with E-state index in [2.05, 4.69) is 4.98 Å². The van der Waals surface area contributed by atoms with Crippen LogP contribution >= 0.6 is 0 Å². The first-order valence-electron chi connectivity index (χ1n) is 9.82. The van der Waals surface area contributed by atoms with Crippen LogP contribution in [-0.4, -0.2) is 69.1 Å². The number of halogens is 19. The van der Waals surface area contributed by atoms with Crippen LogP contribution in [0.15, 0.2) is 0 Å². The Labute approximate surface area is 197 Å². The molecule has 1 unspecified atom stereocenters. The van der Waals surface area contributed by atoms with Gasteiger partial charge in [0, 0.05) is 6.42 Å². The lowest BCUT2D eigenvalue weighted by molar-refractivity contribution is -0.468. The average molecular weight is 613 g/mol. The molecule has 0 saturated heterocycles. The summed E-state index contributed by atoms with van der Waals surface area (Å²) in [4.78, 5) is 2.56. The molecular formula is C16H18F19NSi. The van der Waals surface area contributed by atoms with Crippen LogP contribution in [0.2, 0.25) is 12.1 Å². The average Bonchev–Trinajstić information content (AvgIpc) is 2.71. The van der Waals surface area contributed by atoms with Crippen molar-refractivity contribution in [3.8, 4) is 0 Å². The molecule has 0 saturated carbocycles. The van der Waals surface area contributed by atoms with E-state index in [0.29, 0.717) is 6.42 Å². The van der Waals surface area contributed by atoms with Gasteiger partial charge in [0.2, 0.25) is 0 Å². The van der Waals surface area contributed by atoms with Crippen LogP contribution in [0.1, 0.15) is 26.7 Å². The maximum atomic E-state index is 13.9.